The van der Waals surface area contributed by atoms with Crippen molar-refractivity contribution in [2.75, 3.05) is 19.9 Å². The van der Waals surface area contributed by atoms with Crippen molar-refractivity contribution in [3.8, 4) is 11.5 Å². The molecule has 3 aliphatic heterocycles. The number of benzene rings is 1. The first-order chi connectivity index (χ1) is 14.2. The number of ether oxygens (including phenoxy) is 2. The van der Waals surface area contributed by atoms with Gasteiger partial charge < -0.3 is 19.4 Å². The van der Waals surface area contributed by atoms with Crippen molar-refractivity contribution in [2.24, 2.45) is 11.8 Å². The first kappa shape index (κ1) is 17.3. The largest absolute Gasteiger partial charge is 0.454 e. The minimum atomic E-state index is -0.0675. The minimum Gasteiger partial charge on any atom is -0.454 e. The fourth-order valence-electron chi connectivity index (χ4n) is 5.02. The van der Waals surface area contributed by atoms with E-state index in [0.717, 1.165) is 62.8 Å². The molecule has 1 amide bonds. The molecule has 152 valence electrons. The summed E-state index contributed by atoms with van der Waals surface area (Å²) in [6, 6.07) is 6.51. The monoisotopic (exact) mass is 395 g/mol. The highest BCUT2D eigenvalue weighted by atomic mass is 16.7. The van der Waals surface area contributed by atoms with Crippen LogP contribution in [0.5, 0.6) is 11.5 Å². The molecule has 1 aromatic carbocycles. The third kappa shape index (κ3) is 3.06. The van der Waals surface area contributed by atoms with E-state index in [2.05, 4.69) is 37.1 Å². The number of nitrogens with one attached hydrogen (secondary N) is 1. The van der Waals surface area contributed by atoms with Crippen LogP contribution in [0, 0.1) is 11.8 Å². The first-order valence-corrected chi connectivity index (χ1v) is 10.6. The molecule has 2 aromatic rings. The summed E-state index contributed by atoms with van der Waals surface area (Å²) in [6.07, 6.45) is 4.25. The van der Waals surface area contributed by atoms with Gasteiger partial charge in [-0.3, -0.25) is 9.69 Å². The van der Waals surface area contributed by atoms with Crippen molar-refractivity contribution >= 4 is 5.91 Å². The second-order valence-corrected chi connectivity index (χ2v) is 8.76. The molecule has 4 aliphatic rings. The van der Waals surface area contributed by atoms with Crippen LogP contribution >= 0.6 is 0 Å². The third-order valence-corrected chi connectivity index (χ3v) is 6.83. The Balaban J connectivity index is 1.13. The smallest absolute Gasteiger partial charge is 0.289 e. The summed E-state index contributed by atoms with van der Waals surface area (Å²) in [7, 11) is 0. The highest BCUT2D eigenvalue weighted by Gasteiger charge is 2.39. The summed E-state index contributed by atoms with van der Waals surface area (Å²) < 4.78 is 13.0. The van der Waals surface area contributed by atoms with E-state index < -0.39 is 0 Å². The number of likely N-dealkylation sites (tertiary alicyclic amines) is 1. The number of carbonyl (C=O) groups excluding carboxylic acids is 1. The molecule has 8 heteroatoms. The Morgan fingerprint density at radius 1 is 1.10 bits per heavy atom. The molecule has 2 fully saturated rings. The molecule has 2 atom stereocenters. The van der Waals surface area contributed by atoms with E-state index in [1.165, 1.54) is 12.0 Å². The summed E-state index contributed by atoms with van der Waals surface area (Å²) in [6.45, 7) is 4.12. The highest BCUT2D eigenvalue weighted by Crippen LogP contribution is 2.36. The third-order valence-electron chi connectivity index (χ3n) is 6.83. The van der Waals surface area contributed by atoms with Crippen molar-refractivity contribution < 1.29 is 14.3 Å². The maximum absolute atomic E-state index is 12.6. The SMILES string of the molecule is O=C(NC1CCC1)c1nnc2n1CC1CN(Cc3ccc4c(c3)OCO4)CC1C2. The number of amides is 1. The van der Waals surface area contributed by atoms with Crippen LogP contribution in [0.15, 0.2) is 18.2 Å². The maximum Gasteiger partial charge on any atom is 0.289 e. The van der Waals surface area contributed by atoms with Gasteiger partial charge in [-0.05, 0) is 48.8 Å². The van der Waals surface area contributed by atoms with Gasteiger partial charge in [-0.2, -0.15) is 0 Å². The summed E-state index contributed by atoms with van der Waals surface area (Å²) in [4.78, 5) is 15.1. The predicted molar refractivity (Wildman–Crippen MR) is 104 cm³/mol. The Hall–Kier alpha value is -2.61. The normalized spacial score (nSPS) is 25.4. The van der Waals surface area contributed by atoms with Gasteiger partial charge in [-0.15, -0.1) is 10.2 Å². The van der Waals surface area contributed by atoms with Gasteiger partial charge in [0.25, 0.3) is 5.91 Å². The van der Waals surface area contributed by atoms with Crippen LogP contribution in [0.4, 0.5) is 0 Å². The molecule has 0 radical (unpaired) electrons. The summed E-state index contributed by atoms with van der Waals surface area (Å²) in [5.74, 6) is 4.14. The Morgan fingerprint density at radius 3 is 2.83 bits per heavy atom. The van der Waals surface area contributed by atoms with Crippen molar-refractivity contribution in [2.45, 2.75) is 44.8 Å². The van der Waals surface area contributed by atoms with E-state index in [4.69, 9.17) is 9.47 Å². The summed E-state index contributed by atoms with van der Waals surface area (Å²) >= 11 is 0. The van der Waals surface area contributed by atoms with E-state index in [1.807, 2.05) is 6.07 Å². The lowest BCUT2D eigenvalue weighted by Gasteiger charge is -2.28. The Labute approximate surface area is 169 Å². The van der Waals surface area contributed by atoms with Crippen molar-refractivity contribution in [1.82, 2.24) is 25.0 Å². The molecule has 0 bridgehead atoms. The topological polar surface area (TPSA) is 81.5 Å². The van der Waals surface area contributed by atoms with E-state index >= 15 is 0 Å². The number of fused-ring (bicyclic) bond motifs is 3. The average Bonchev–Trinajstić information content (AvgIpc) is 3.39. The number of hydrogen-bond donors (Lipinski definition) is 1. The molecule has 1 aliphatic carbocycles. The van der Waals surface area contributed by atoms with Gasteiger partial charge in [0.1, 0.15) is 5.82 Å². The zero-order chi connectivity index (χ0) is 19.4. The molecule has 1 saturated heterocycles. The van der Waals surface area contributed by atoms with E-state index in [1.54, 1.807) is 0 Å². The molecular formula is C21H25N5O3. The molecule has 6 rings (SSSR count). The number of carbonyl (C=O) groups is 1. The van der Waals surface area contributed by atoms with Crippen molar-refractivity contribution in [1.29, 1.82) is 0 Å². The molecule has 29 heavy (non-hydrogen) atoms. The zero-order valence-electron chi connectivity index (χ0n) is 16.3. The van der Waals surface area contributed by atoms with Gasteiger partial charge >= 0.3 is 0 Å². The second kappa shape index (κ2) is 6.73. The van der Waals surface area contributed by atoms with E-state index in [0.29, 0.717) is 30.5 Å². The standard InChI is InChI=1S/C21H25N5O3/c27-21(22-16-2-1-3-16)20-24-23-19-7-14-9-25(10-15(14)11-26(19)20)8-13-4-5-17-18(6-13)29-12-28-17/h4-6,14-16H,1-3,7-12H2,(H,22,27). The average molecular weight is 395 g/mol. The van der Waals surface area contributed by atoms with Crippen molar-refractivity contribution in [3.63, 3.8) is 0 Å². The van der Waals surface area contributed by atoms with Crippen LogP contribution in [0.3, 0.4) is 0 Å². The van der Waals surface area contributed by atoms with Crippen LogP contribution in [0.2, 0.25) is 0 Å². The molecule has 0 spiro atoms. The number of rotatable bonds is 4. The molecule has 1 N–H and O–H groups in total. The lowest BCUT2D eigenvalue weighted by atomic mass is 9.89. The Kier molecular flexibility index (Phi) is 4.00. The van der Waals surface area contributed by atoms with E-state index in [9.17, 15) is 4.79 Å². The molecular weight excluding hydrogens is 370 g/mol. The zero-order valence-corrected chi connectivity index (χ0v) is 16.3. The molecule has 4 heterocycles. The predicted octanol–water partition coefficient (Wildman–Crippen LogP) is 1.59. The van der Waals surface area contributed by atoms with Gasteiger partial charge in [0.2, 0.25) is 12.6 Å². The van der Waals surface area contributed by atoms with Gasteiger partial charge in [0, 0.05) is 38.6 Å². The van der Waals surface area contributed by atoms with E-state index in [-0.39, 0.29) is 5.91 Å². The van der Waals surface area contributed by atoms with Gasteiger partial charge in [-0.25, -0.2) is 0 Å². The Bertz CT molecular complexity index is 954. The summed E-state index contributed by atoms with van der Waals surface area (Å²) in [5, 5.41) is 11.7. The van der Waals surface area contributed by atoms with Crippen molar-refractivity contribution in [3.05, 3.63) is 35.4 Å². The second-order valence-electron chi connectivity index (χ2n) is 8.76. The number of hydrogen-bond acceptors (Lipinski definition) is 6. The highest BCUT2D eigenvalue weighted by molar-refractivity contribution is 5.91. The lowest BCUT2D eigenvalue weighted by Crippen LogP contribution is -2.41. The maximum atomic E-state index is 12.6. The quantitative estimate of drug-likeness (QED) is 0.847. The van der Waals surface area contributed by atoms with Crippen LogP contribution in [-0.2, 0) is 19.5 Å². The number of nitrogens with zero attached hydrogens (tertiary/aromatic N) is 4. The molecule has 8 nitrogen and oxygen atoms in total. The molecule has 1 aromatic heterocycles. The Morgan fingerprint density at radius 2 is 1.97 bits per heavy atom. The van der Waals surface area contributed by atoms with Crippen LogP contribution in [0.1, 0.15) is 41.3 Å². The van der Waals surface area contributed by atoms with Gasteiger partial charge in [-0.1, -0.05) is 6.07 Å². The van der Waals surface area contributed by atoms with Crippen LogP contribution < -0.4 is 14.8 Å². The number of aromatic nitrogens is 3. The van der Waals surface area contributed by atoms with Crippen LogP contribution in [0.25, 0.3) is 0 Å². The fourth-order valence-corrected chi connectivity index (χ4v) is 5.02. The fraction of sp³-hybridized carbons (Fsp3) is 0.571. The first-order valence-electron chi connectivity index (χ1n) is 10.6. The summed E-state index contributed by atoms with van der Waals surface area (Å²) in [5.41, 5.74) is 1.24. The molecule has 2 unspecified atom stereocenters. The van der Waals surface area contributed by atoms with Gasteiger partial charge in [0.15, 0.2) is 11.5 Å². The van der Waals surface area contributed by atoms with Crippen LogP contribution in [-0.4, -0.2) is 51.5 Å². The minimum absolute atomic E-state index is 0.0675. The van der Waals surface area contributed by atoms with Gasteiger partial charge in [0.05, 0.1) is 0 Å². The molecule has 1 saturated carbocycles. The lowest BCUT2D eigenvalue weighted by molar-refractivity contribution is 0.0898.